The Bertz CT molecular complexity index is 492. The third-order valence-electron chi connectivity index (χ3n) is 3.40. The van der Waals surface area contributed by atoms with E-state index in [0.717, 1.165) is 12.8 Å². The van der Waals surface area contributed by atoms with E-state index in [1.54, 1.807) is 7.05 Å². The average Bonchev–Trinajstić information content (AvgIpc) is 3.29. The number of hydrogen-bond donors (Lipinski definition) is 1. The van der Waals surface area contributed by atoms with Crippen LogP contribution in [0.3, 0.4) is 0 Å². The molecule has 1 fully saturated rings. The Balaban J connectivity index is 1.91. The highest BCUT2D eigenvalue weighted by atomic mass is 19.1. The lowest BCUT2D eigenvalue weighted by molar-refractivity contribution is 0.0681. The number of carbonyl (C=O) groups is 1. The number of carbonyl (C=O) groups excluding carboxylic acids is 1. The van der Waals surface area contributed by atoms with Gasteiger partial charge >= 0.3 is 0 Å². The summed E-state index contributed by atoms with van der Waals surface area (Å²) < 4.78 is 18.8. The number of aromatic nitrogens is 1. The van der Waals surface area contributed by atoms with Crippen molar-refractivity contribution >= 4 is 11.7 Å². The largest absolute Gasteiger partial charge is 0.379 e. The molecule has 1 amide bonds. The van der Waals surface area contributed by atoms with Crippen LogP contribution in [0.2, 0.25) is 0 Å². The van der Waals surface area contributed by atoms with Crippen LogP contribution in [0.4, 0.5) is 10.2 Å². The molecule has 0 saturated heterocycles. The fraction of sp³-hybridized carbons (Fsp3) is 0.600. The standard InChI is InChI=1S/C15H22FN3O2/c1-3-17-14-13(8-12(16)9-18-14)15(20)19(2)6-7-21-10-11-4-5-11/h8-9,11H,3-7,10H2,1-2H3,(H,17,18). The molecular formula is C15H22FN3O2. The molecule has 1 aliphatic rings. The van der Waals surface area contributed by atoms with Crippen LogP contribution in [0.1, 0.15) is 30.1 Å². The number of anilines is 1. The Labute approximate surface area is 124 Å². The maximum atomic E-state index is 13.3. The van der Waals surface area contributed by atoms with Crippen LogP contribution in [-0.4, -0.2) is 49.1 Å². The topological polar surface area (TPSA) is 54.5 Å². The van der Waals surface area contributed by atoms with Crippen LogP contribution >= 0.6 is 0 Å². The molecular weight excluding hydrogens is 273 g/mol. The lowest BCUT2D eigenvalue weighted by Crippen LogP contribution is -2.31. The minimum absolute atomic E-state index is 0.251. The van der Waals surface area contributed by atoms with E-state index >= 15 is 0 Å². The van der Waals surface area contributed by atoms with Crippen LogP contribution in [0.5, 0.6) is 0 Å². The number of pyridine rings is 1. The molecule has 0 radical (unpaired) electrons. The summed E-state index contributed by atoms with van der Waals surface area (Å²) in [6.45, 7) is 4.26. The number of likely N-dealkylation sites (N-methyl/N-ethyl adjacent to an activating group) is 1. The number of rotatable bonds is 8. The second-order valence-corrected chi connectivity index (χ2v) is 5.33. The van der Waals surface area contributed by atoms with Gasteiger partial charge in [-0.1, -0.05) is 0 Å². The van der Waals surface area contributed by atoms with Crippen molar-refractivity contribution in [1.29, 1.82) is 0 Å². The van der Waals surface area contributed by atoms with E-state index in [0.29, 0.717) is 31.4 Å². The van der Waals surface area contributed by atoms with Crippen molar-refractivity contribution in [1.82, 2.24) is 9.88 Å². The maximum Gasteiger partial charge on any atom is 0.257 e. The van der Waals surface area contributed by atoms with E-state index in [-0.39, 0.29) is 11.5 Å². The summed E-state index contributed by atoms with van der Waals surface area (Å²) in [5, 5.41) is 2.97. The van der Waals surface area contributed by atoms with Gasteiger partial charge in [0.25, 0.3) is 5.91 Å². The summed E-state index contributed by atoms with van der Waals surface area (Å²) in [6.07, 6.45) is 3.60. The molecule has 21 heavy (non-hydrogen) atoms. The van der Waals surface area contributed by atoms with Gasteiger partial charge in [0.05, 0.1) is 18.4 Å². The van der Waals surface area contributed by atoms with Gasteiger partial charge < -0.3 is 15.0 Å². The molecule has 116 valence electrons. The first-order chi connectivity index (χ1) is 10.1. The van der Waals surface area contributed by atoms with Crippen molar-refractivity contribution in [3.63, 3.8) is 0 Å². The molecule has 1 aliphatic carbocycles. The monoisotopic (exact) mass is 295 g/mol. The lowest BCUT2D eigenvalue weighted by atomic mass is 10.2. The summed E-state index contributed by atoms with van der Waals surface area (Å²) in [5.41, 5.74) is 0.251. The van der Waals surface area contributed by atoms with Crippen molar-refractivity contribution in [3.05, 3.63) is 23.6 Å². The van der Waals surface area contributed by atoms with Crippen molar-refractivity contribution in [3.8, 4) is 0 Å². The normalized spacial score (nSPS) is 14.0. The highest BCUT2D eigenvalue weighted by molar-refractivity contribution is 5.98. The lowest BCUT2D eigenvalue weighted by Gasteiger charge is -2.19. The van der Waals surface area contributed by atoms with E-state index in [1.165, 1.54) is 23.8 Å². The van der Waals surface area contributed by atoms with E-state index in [4.69, 9.17) is 4.74 Å². The number of nitrogens with one attached hydrogen (secondary N) is 1. The molecule has 1 aromatic rings. The zero-order chi connectivity index (χ0) is 15.2. The molecule has 0 atom stereocenters. The van der Waals surface area contributed by atoms with E-state index in [9.17, 15) is 9.18 Å². The number of nitrogens with zero attached hydrogens (tertiary/aromatic N) is 2. The Hall–Kier alpha value is -1.69. The molecule has 2 rings (SSSR count). The Morgan fingerprint density at radius 3 is 3.00 bits per heavy atom. The molecule has 1 saturated carbocycles. The van der Waals surface area contributed by atoms with Gasteiger partial charge in [0, 0.05) is 26.7 Å². The first kappa shape index (κ1) is 15.7. The first-order valence-electron chi connectivity index (χ1n) is 7.34. The minimum Gasteiger partial charge on any atom is -0.379 e. The summed E-state index contributed by atoms with van der Waals surface area (Å²) in [5.74, 6) is 0.347. The van der Waals surface area contributed by atoms with Crippen molar-refractivity contribution in [2.24, 2.45) is 5.92 Å². The molecule has 0 unspecified atom stereocenters. The van der Waals surface area contributed by atoms with Gasteiger partial charge in [0.2, 0.25) is 0 Å². The predicted octanol–water partition coefficient (Wildman–Crippen LogP) is 2.15. The smallest absolute Gasteiger partial charge is 0.257 e. The first-order valence-corrected chi connectivity index (χ1v) is 7.34. The van der Waals surface area contributed by atoms with Crippen molar-refractivity contribution < 1.29 is 13.9 Å². The van der Waals surface area contributed by atoms with E-state index in [2.05, 4.69) is 10.3 Å². The summed E-state index contributed by atoms with van der Waals surface area (Å²) in [7, 11) is 1.68. The molecule has 0 aromatic carbocycles. The second-order valence-electron chi connectivity index (χ2n) is 5.33. The Kier molecular flexibility index (Phi) is 5.50. The summed E-state index contributed by atoms with van der Waals surface area (Å²) in [4.78, 5) is 17.8. The third-order valence-corrected chi connectivity index (χ3v) is 3.40. The van der Waals surface area contributed by atoms with Gasteiger partial charge in [-0.25, -0.2) is 9.37 Å². The number of hydrogen-bond acceptors (Lipinski definition) is 4. The molecule has 1 heterocycles. The van der Waals surface area contributed by atoms with Gasteiger partial charge in [-0.3, -0.25) is 4.79 Å². The molecule has 0 bridgehead atoms. The summed E-state index contributed by atoms with van der Waals surface area (Å²) in [6, 6.07) is 1.22. The highest BCUT2D eigenvalue weighted by Gasteiger charge is 2.21. The average molecular weight is 295 g/mol. The molecule has 6 heteroatoms. The van der Waals surface area contributed by atoms with Crippen molar-refractivity contribution in [2.75, 3.05) is 38.7 Å². The van der Waals surface area contributed by atoms with Crippen LogP contribution in [-0.2, 0) is 4.74 Å². The Morgan fingerprint density at radius 1 is 1.57 bits per heavy atom. The van der Waals surface area contributed by atoms with E-state index in [1.807, 2.05) is 6.92 Å². The minimum atomic E-state index is -0.515. The van der Waals surface area contributed by atoms with Gasteiger partial charge in [-0.05, 0) is 31.7 Å². The van der Waals surface area contributed by atoms with Gasteiger partial charge in [-0.15, -0.1) is 0 Å². The fourth-order valence-corrected chi connectivity index (χ4v) is 1.95. The molecule has 0 aliphatic heterocycles. The van der Waals surface area contributed by atoms with Gasteiger partial charge in [-0.2, -0.15) is 0 Å². The maximum absolute atomic E-state index is 13.3. The SMILES string of the molecule is CCNc1ncc(F)cc1C(=O)N(C)CCOCC1CC1. The molecule has 5 nitrogen and oxygen atoms in total. The quantitative estimate of drug-likeness (QED) is 0.747. The highest BCUT2D eigenvalue weighted by Crippen LogP contribution is 2.28. The van der Waals surface area contributed by atoms with Crippen LogP contribution in [0.15, 0.2) is 12.3 Å². The van der Waals surface area contributed by atoms with Crippen LogP contribution in [0, 0.1) is 11.7 Å². The number of ether oxygens (including phenoxy) is 1. The van der Waals surface area contributed by atoms with Crippen molar-refractivity contribution in [2.45, 2.75) is 19.8 Å². The zero-order valence-corrected chi connectivity index (χ0v) is 12.6. The third kappa shape index (κ3) is 4.67. The number of halogens is 1. The van der Waals surface area contributed by atoms with Crippen LogP contribution in [0.25, 0.3) is 0 Å². The predicted molar refractivity (Wildman–Crippen MR) is 78.9 cm³/mol. The Morgan fingerprint density at radius 2 is 2.33 bits per heavy atom. The molecule has 0 spiro atoms. The van der Waals surface area contributed by atoms with Gasteiger partial charge in [0.15, 0.2) is 0 Å². The molecule has 1 N–H and O–H groups in total. The zero-order valence-electron chi connectivity index (χ0n) is 12.6. The van der Waals surface area contributed by atoms with Gasteiger partial charge in [0.1, 0.15) is 11.6 Å². The summed E-state index contributed by atoms with van der Waals surface area (Å²) >= 11 is 0. The molecule has 1 aromatic heterocycles. The van der Waals surface area contributed by atoms with Crippen LogP contribution < -0.4 is 5.32 Å². The fourth-order valence-electron chi connectivity index (χ4n) is 1.95. The number of amides is 1. The van der Waals surface area contributed by atoms with E-state index < -0.39 is 5.82 Å². The second kappa shape index (κ2) is 7.36.